The number of rotatable bonds is 4. The summed E-state index contributed by atoms with van der Waals surface area (Å²) < 4.78 is 5.84. The molecule has 0 spiro atoms. The van der Waals surface area contributed by atoms with Crippen molar-refractivity contribution in [3.63, 3.8) is 0 Å². The smallest absolute Gasteiger partial charge is 0.141 e. The van der Waals surface area contributed by atoms with Gasteiger partial charge in [-0.2, -0.15) is 0 Å². The summed E-state index contributed by atoms with van der Waals surface area (Å²) in [7, 11) is 0. The van der Waals surface area contributed by atoms with Crippen molar-refractivity contribution in [3.8, 4) is 5.75 Å². The van der Waals surface area contributed by atoms with Crippen molar-refractivity contribution in [2.45, 2.75) is 26.7 Å². The number of halogens is 1. The minimum atomic E-state index is 0.540. The van der Waals surface area contributed by atoms with Gasteiger partial charge in [0.25, 0.3) is 0 Å². The standard InChI is InChI=1S/C17H21ClN4O/c1-12-13(2)20-11-21-17(12)22-7-4-14(5-8-22)10-23-16-3-6-19-9-15(16)18/h3,6,9,11,14H,4-5,7-8,10H2,1-2H3. The Bertz CT molecular complexity index is 671. The van der Waals surface area contributed by atoms with Gasteiger partial charge in [-0.25, -0.2) is 9.97 Å². The summed E-state index contributed by atoms with van der Waals surface area (Å²) in [4.78, 5) is 15.0. The third-order valence-corrected chi connectivity index (χ3v) is 4.72. The molecule has 0 bridgehead atoms. The van der Waals surface area contributed by atoms with E-state index in [9.17, 15) is 0 Å². The molecule has 5 nitrogen and oxygen atoms in total. The molecule has 23 heavy (non-hydrogen) atoms. The summed E-state index contributed by atoms with van der Waals surface area (Å²) in [6.45, 7) is 6.80. The molecular weight excluding hydrogens is 312 g/mol. The molecule has 3 rings (SSSR count). The number of aryl methyl sites for hydroxylation is 1. The number of nitrogens with zero attached hydrogens (tertiary/aromatic N) is 4. The van der Waals surface area contributed by atoms with Crippen LogP contribution in [0.3, 0.4) is 0 Å². The zero-order valence-corrected chi connectivity index (χ0v) is 14.3. The van der Waals surface area contributed by atoms with Crippen molar-refractivity contribution in [1.82, 2.24) is 15.0 Å². The first-order chi connectivity index (χ1) is 11.1. The minimum Gasteiger partial charge on any atom is -0.492 e. The summed E-state index contributed by atoms with van der Waals surface area (Å²) in [6.07, 6.45) is 7.14. The molecule has 2 aromatic heterocycles. The second kappa shape index (κ2) is 7.13. The zero-order chi connectivity index (χ0) is 16.2. The Kier molecular flexibility index (Phi) is 4.96. The first-order valence-electron chi connectivity index (χ1n) is 7.90. The molecule has 6 heteroatoms. The molecule has 1 aliphatic rings. The van der Waals surface area contributed by atoms with Crippen molar-refractivity contribution in [3.05, 3.63) is 41.1 Å². The largest absolute Gasteiger partial charge is 0.492 e. The highest BCUT2D eigenvalue weighted by Crippen LogP contribution is 2.27. The average Bonchev–Trinajstić information content (AvgIpc) is 2.57. The van der Waals surface area contributed by atoms with Crippen LogP contribution in [0.4, 0.5) is 5.82 Å². The summed E-state index contributed by atoms with van der Waals surface area (Å²) in [5.41, 5.74) is 2.22. The van der Waals surface area contributed by atoms with Gasteiger partial charge in [0, 0.05) is 42.8 Å². The predicted octanol–water partition coefficient (Wildman–Crippen LogP) is 3.44. The van der Waals surface area contributed by atoms with Crippen molar-refractivity contribution in [2.24, 2.45) is 5.92 Å². The van der Waals surface area contributed by atoms with E-state index in [0.29, 0.717) is 23.3 Å². The third kappa shape index (κ3) is 3.72. The van der Waals surface area contributed by atoms with Gasteiger partial charge in [0.1, 0.15) is 22.9 Å². The maximum Gasteiger partial charge on any atom is 0.141 e. The first-order valence-corrected chi connectivity index (χ1v) is 8.28. The molecule has 0 N–H and O–H groups in total. The van der Waals surface area contributed by atoms with E-state index in [1.165, 1.54) is 5.56 Å². The Balaban J connectivity index is 1.54. The molecule has 0 amide bonds. The molecule has 1 saturated heterocycles. The van der Waals surface area contributed by atoms with Gasteiger partial charge in [-0.1, -0.05) is 11.6 Å². The molecular formula is C17H21ClN4O. The van der Waals surface area contributed by atoms with Gasteiger partial charge >= 0.3 is 0 Å². The molecule has 1 aliphatic heterocycles. The average molecular weight is 333 g/mol. The van der Waals surface area contributed by atoms with Gasteiger partial charge in [0.2, 0.25) is 0 Å². The molecule has 3 heterocycles. The van der Waals surface area contributed by atoms with Gasteiger partial charge in [-0.3, -0.25) is 4.98 Å². The maximum atomic E-state index is 6.07. The van der Waals surface area contributed by atoms with Crippen LogP contribution in [0.2, 0.25) is 5.02 Å². The lowest BCUT2D eigenvalue weighted by Crippen LogP contribution is -2.36. The Labute approximate surface area is 141 Å². The van der Waals surface area contributed by atoms with Crippen LogP contribution in [-0.2, 0) is 0 Å². The van der Waals surface area contributed by atoms with Crippen LogP contribution in [0, 0.1) is 19.8 Å². The fourth-order valence-electron chi connectivity index (χ4n) is 2.84. The van der Waals surface area contributed by atoms with E-state index in [4.69, 9.17) is 16.3 Å². The highest BCUT2D eigenvalue weighted by atomic mass is 35.5. The molecule has 0 aliphatic carbocycles. The molecule has 0 unspecified atom stereocenters. The zero-order valence-electron chi connectivity index (χ0n) is 13.5. The predicted molar refractivity (Wildman–Crippen MR) is 91.2 cm³/mol. The van der Waals surface area contributed by atoms with Crippen LogP contribution in [0.1, 0.15) is 24.1 Å². The van der Waals surface area contributed by atoms with E-state index in [-0.39, 0.29) is 0 Å². The van der Waals surface area contributed by atoms with Crippen LogP contribution in [-0.4, -0.2) is 34.6 Å². The van der Waals surface area contributed by atoms with Crippen molar-refractivity contribution >= 4 is 17.4 Å². The second-order valence-electron chi connectivity index (χ2n) is 5.96. The first kappa shape index (κ1) is 16.0. The van der Waals surface area contributed by atoms with E-state index in [1.54, 1.807) is 18.7 Å². The lowest BCUT2D eigenvalue weighted by Gasteiger charge is -2.33. The van der Waals surface area contributed by atoms with Crippen LogP contribution in [0.25, 0.3) is 0 Å². The molecule has 1 fully saturated rings. The number of pyridine rings is 1. The molecule has 122 valence electrons. The van der Waals surface area contributed by atoms with Crippen molar-refractivity contribution < 1.29 is 4.74 Å². The Morgan fingerprint density at radius 2 is 2.04 bits per heavy atom. The summed E-state index contributed by atoms with van der Waals surface area (Å²) in [5.74, 6) is 2.32. The number of piperidine rings is 1. The summed E-state index contributed by atoms with van der Waals surface area (Å²) in [6, 6.07) is 1.81. The number of hydrogen-bond donors (Lipinski definition) is 0. The Hall–Kier alpha value is -1.88. The van der Waals surface area contributed by atoms with Gasteiger partial charge in [-0.05, 0) is 32.6 Å². The van der Waals surface area contributed by atoms with E-state index in [2.05, 4.69) is 26.8 Å². The number of aromatic nitrogens is 3. The molecule has 2 aromatic rings. The molecule has 0 radical (unpaired) electrons. The van der Waals surface area contributed by atoms with Crippen LogP contribution in [0.15, 0.2) is 24.8 Å². The van der Waals surface area contributed by atoms with Crippen molar-refractivity contribution in [1.29, 1.82) is 0 Å². The van der Waals surface area contributed by atoms with Gasteiger partial charge in [0.15, 0.2) is 0 Å². The lowest BCUT2D eigenvalue weighted by molar-refractivity contribution is 0.222. The topological polar surface area (TPSA) is 51.1 Å². The lowest BCUT2D eigenvalue weighted by atomic mass is 9.97. The van der Waals surface area contributed by atoms with Gasteiger partial charge < -0.3 is 9.64 Å². The highest BCUT2D eigenvalue weighted by Gasteiger charge is 2.22. The summed E-state index contributed by atoms with van der Waals surface area (Å²) >= 11 is 6.07. The number of anilines is 1. The van der Waals surface area contributed by atoms with E-state index < -0.39 is 0 Å². The van der Waals surface area contributed by atoms with E-state index >= 15 is 0 Å². The third-order valence-electron chi connectivity index (χ3n) is 4.43. The minimum absolute atomic E-state index is 0.540. The van der Waals surface area contributed by atoms with Gasteiger partial charge in [-0.15, -0.1) is 0 Å². The molecule has 0 atom stereocenters. The highest BCUT2D eigenvalue weighted by molar-refractivity contribution is 6.31. The fourth-order valence-corrected chi connectivity index (χ4v) is 3.02. The Morgan fingerprint density at radius 1 is 1.26 bits per heavy atom. The van der Waals surface area contributed by atoms with Crippen LogP contribution in [0.5, 0.6) is 5.75 Å². The van der Waals surface area contributed by atoms with E-state index in [0.717, 1.165) is 37.4 Å². The van der Waals surface area contributed by atoms with Gasteiger partial charge in [0.05, 0.1) is 6.61 Å². The second-order valence-corrected chi connectivity index (χ2v) is 6.36. The Morgan fingerprint density at radius 3 is 2.78 bits per heavy atom. The molecule has 0 saturated carbocycles. The quantitative estimate of drug-likeness (QED) is 0.858. The van der Waals surface area contributed by atoms with E-state index in [1.807, 2.05) is 13.0 Å². The SMILES string of the molecule is Cc1ncnc(N2CCC(COc3ccncc3Cl)CC2)c1C. The molecule has 0 aromatic carbocycles. The fraction of sp³-hybridized carbons (Fsp3) is 0.471. The normalized spacial score (nSPS) is 15.7. The number of ether oxygens (including phenoxy) is 1. The summed E-state index contributed by atoms with van der Waals surface area (Å²) in [5, 5.41) is 0.567. The van der Waals surface area contributed by atoms with Crippen molar-refractivity contribution in [2.75, 3.05) is 24.6 Å². The van der Waals surface area contributed by atoms with Crippen LogP contribution >= 0.6 is 11.6 Å². The number of hydrogen-bond acceptors (Lipinski definition) is 5. The maximum absolute atomic E-state index is 6.07. The van der Waals surface area contributed by atoms with Crippen LogP contribution < -0.4 is 9.64 Å². The monoisotopic (exact) mass is 332 g/mol.